The predicted octanol–water partition coefficient (Wildman–Crippen LogP) is 4.39. The number of nitrogens with zero attached hydrogens (tertiary/aromatic N) is 3. The first kappa shape index (κ1) is 22.9. The molecule has 4 aromatic rings. The van der Waals surface area contributed by atoms with Gasteiger partial charge >= 0.3 is 6.09 Å². The zero-order chi connectivity index (χ0) is 24.1. The van der Waals surface area contributed by atoms with Gasteiger partial charge in [0.15, 0.2) is 5.65 Å². The molecule has 0 fully saturated rings. The normalized spacial score (nSPS) is 10.8. The smallest absolute Gasteiger partial charge is 0.411 e. The van der Waals surface area contributed by atoms with Gasteiger partial charge in [-0.2, -0.15) is 5.10 Å². The maximum Gasteiger partial charge on any atom is 0.411 e. The Balaban J connectivity index is 1.62. The van der Waals surface area contributed by atoms with Crippen LogP contribution in [0.15, 0.2) is 60.7 Å². The molecule has 9 nitrogen and oxygen atoms in total. The van der Waals surface area contributed by atoms with Gasteiger partial charge in [0.05, 0.1) is 28.9 Å². The van der Waals surface area contributed by atoms with E-state index in [1.165, 1.54) is 7.11 Å². The average Bonchev–Trinajstić information content (AvgIpc) is 3.12. The van der Waals surface area contributed by atoms with Gasteiger partial charge in [-0.15, -0.1) is 0 Å². The highest BCUT2D eigenvalue weighted by molar-refractivity contribution is 6.13. The molecule has 0 atom stereocenters. The maximum atomic E-state index is 13.4. The largest absolute Gasteiger partial charge is 0.447 e. The molecule has 4 rings (SSSR count). The van der Waals surface area contributed by atoms with E-state index in [2.05, 4.69) is 15.7 Å². The van der Waals surface area contributed by atoms with Crippen LogP contribution in [0.2, 0.25) is 0 Å². The fraction of sp³-hybridized carbons (Fsp3) is 0.200. The lowest BCUT2D eigenvalue weighted by Crippen LogP contribution is -2.17. The molecule has 0 bridgehead atoms. The lowest BCUT2D eigenvalue weighted by Gasteiger charge is -2.11. The van der Waals surface area contributed by atoms with Gasteiger partial charge in [0, 0.05) is 31.1 Å². The molecular weight excluding hydrogens is 434 g/mol. The lowest BCUT2D eigenvalue weighted by atomic mass is 10.0. The molecule has 0 aliphatic heterocycles. The molecule has 0 radical (unpaired) electrons. The second-order valence-electron chi connectivity index (χ2n) is 7.62. The number of rotatable bonds is 7. The first-order valence-corrected chi connectivity index (χ1v) is 10.7. The quantitative estimate of drug-likeness (QED) is 0.397. The van der Waals surface area contributed by atoms with Crippen molar-refractivity contribution in [3.63, 3.8) is 0 Å². The summed E-state index contributed by atoms with van der Waals surface area (Å²) in [6.45, 7) is 2.30. The number of ether oxygens (including phenoxy) is 2. The molecule has 174 valence electrons. The van der Waals surface area contributed by atoms with Crippen LogP contribution in [0.4, 0.5) is 16.2 Å². The summed E-state index contributed by atoms with van der Waals surface area (Å²) in [5, 5.41) is 10.7. The van der Waals surface area contributed by atoms with Crippen molar-refractivity contribution in [3.05, 3.63) is 71.9 Å². The van der Waals surface area contributed by atoms with Crippen LogP contribution in [0, 0.1) is 6.92 Å². The van der Waals surface area contributed by atoms with Crippen molar-refractivity contribution in [2.45, 2.75) is 6.92 Å². The molecule has 2 amide bonds. The van der Waals surface area contributed by atoms with Crippen molar-refractivity contribution in [3.8, 4) is 11.3 Å². The average molecular weight is 460 g/mol. The van der Waals surface area contributed by atoms with E-state index in [9.17, 15) is 9.59 Å². The van der Waals surface area contributed by atoms with Crippen molar-refractivity contribution in [2.24, 2.45) is 7.05 Å². The van der Waals surface area contributed by atoms with Gasteiger partial charge in [-0.05, 0) is 31.2 Å². The molecule has 2 aromatic carbocycles. The van der Waals surface area contributed by atoms with E-state index in [1.807, 2.05) is 37.3 Å². The van der Waals surface area contributed by atoms with Crippen molar-refractivity contribution >= 4 is 34.4 Å². The van der Waals surface area contributed by atoms with Crippen molar-refractivity contribution in [1.82, 2.24) is 14.8 Å². The van der Waals surface area contributed by atoms with Crippen LogP contribution in [0.3, 0.4) is 0 Å². The molecule has 2 N–H and O–H groups in total. The number of amides is 2. The number of aromatic nitrogens is 3. The molecule has 2 aromatic heterocycles. The first-order valence-electron chi connectivity index (χ1n) is 10.7. The number of pyridine rings is 1. The highest BCUT2D eigenvalue weighted by Gasteiger charge is 2.19. The Hall–Kier alpha value is -4.24. The van der Waals surface area contributed by atoms with E-state index < -0.39 is 6.09 Å². The van der Waals surface area contributed by atoms with E-state index in [1.54, 1.807) is 42.1 Å². The SMILES string of the molecule is COCCOC(=O)Nc1cccc(NC(=O)c2cc(-c3ccccc3)nc3c2c(C)nn3C)c1. The molecule has 34 heavy (non-hydrogen) atoms. The summed E-state index contributed by atoms with van der Waals surface area (Å²) in [6, 6.07) is 18.3. The Morgan fingerprint density at radius 2 is 1.71 bits per heavy atom. The van der Waals surface area contributed by atoms with Gasteiger partial charge in [-0.1, -0.05) is 36.4 Å². The van der Waals surface area contributed by atoms with Crippen LogP contribution in [-0.2, 0) is 16.5 Å². The monoisotopic (exact) mass is 459 g/mol. The highest BCUT2D eigenvalue weighted by atomic mass is 16.6. The van der Waals surface area contributed by atoms with Gasteiger partial charge in [-0.3, -0.25) is 14.8 Å². The number of fused-ring (bicyclic) bond motifs is 1. The third kappa shape index (κ3) is 5.05. The Morgan fingerprint density at radius 3 is 2.44 bits per heavy atom. The van der Waals surface area contributed by atoms with Crippen LogP contribution in [0.5, 0.6) is 0 Å². The Kier molecular flexibility index (Phi) is 6.84. The molecular formula is C25H25N5O4. The fourth-order valence-corrected chi connectivity index (χ4v) is 3.63. The molecule has 2 heterocycles. The number of hydrogen-bond donors (Lipinski definition) is 2. The first-order chi connectivity index (χ1) is 16.5. The minimum atomic E-state index is -0.602. The minimum Gasteiger partial charge on any atom is -0.447 e. The molecule has 0 aliphatic rings. The fourth-order valence-electron chi connectivity index (χ4n) is 3.63. The zero-order valence-electron chi connectivity index (χ0n) is 19.2. The second kappa shape index (κ2) is 10.1. The molecule has 9 heteroatoms. The molecule has 0 unspecified atom stereocenters. The second-order valence-corrected chi connectivity index (χ2v) is 7.62. The molecule has 0 aliphatic carbocycles. The summed E-state index contributed by atoms with van der Waals surface area (Å²) in [4.78, 5) is 30.0. The summed E-state index contributed by atoms with van der Waals surface area (Å²) in [5.41, 5.74) is 4.38. The minimum absolute atomic E-state index is 0.144. The number of anilines is 2. The standard InChI is InChI=1S/C25H25N5O4/c1-16-22-20(15-21(17-8-5-4-6-9-17)28-23(22)30(2)29-16)24(31)26-18-10-7-11-19(14-18)27-25(32)34-13-12-33-3/h4-11,14-15H,12-13H2,1-3H3,(H,26,31)(H,27,32). The van der Waals surface area contributed by atoms with Crippen LogP contribution >= 0.6 is 0 Å². The predicted molar refractivity (Wildman–Crippen MR) is 130 cm³/mol. The topological polar surface area (TPSA) is 107 Å². The number of hydrogen-bond acceptors (Lipinski definition) is 6. The van der Waals surface area contributed by atoms with E-state index in [4.69, 9.17) is 14.5 Å². The van der Waals surface area contributed by atoms with Gasteiger partial charge in [0.2, 0.25) is 0 Å². The van der Waals surface area contributed by atoms with Crippen molar-refractivity contribution in [2.75, 3.05) is 31.0 Å². The van der Waals surface area contributed by atoms with E-state index in [0.29, 0.717) is 46.0 Å². The number of methoxy groups -OCH3 is 1. The van der Waals surface area contributed by atoms with Gasteiger partial charge in [0.25, 0.3) is 5.91 Å². The van der Waals surface area contributed by atoms with Crippen LogP contribution in [0.1, 0.15) is 16.1 Å². The number of aryl methyl sites for hydroxylation is 2. The summed E-state index contributed by atoms with van der Waals surface area (Å²) in [7, 11) is 3.33. The van der Waals surface area contributed by atoms with Crippen molar-refractivity contribution in [1.29, 1.82) is 0 Å². The van der Waals surface area contributed by atoms with Gasteiger partial charge < -0.3 is 14.8 Å². The Bertz CT molecular complexity index is 1330. The number of benzene rings is 2. The Morgan fingerprint density at radius 1 is 0.971 bits per heavy atom. The van der Waals surface area contributed by atoms with Gasteiger partial charge in [0.1, 0.15) is 6.61 Å². The lowest BCUT2D eigenvalue weighted by molar-refractivity contribution is 0.102. The third-order valence-corrected chi connectivity index (χ3v) is 5.17. The number of nitrogens with one attached hydrogen (secondary N) is 2. The van der Waals surface area contributed by atoms with E-state index >= 15 is 0 Å². The number of carbonyl (C=O) groups is 2. The summed E-state index contributed by atoms with van der Waals surface area (Å²) in [6.07, 6.45) is -0.602. The highest BCUT2D eigenvalue weighted by Crippen LogP contribution is 2.27. The zero-order valence-corrected chi connectivity index (χ0v) is 19.2. The summed E-state index contributed by atoms with van der Waals surface area (Å²) >= 11 is 0. The summed E-state index contributed by atoms with van der Waals surface area (Å²) < 4.78 is 11.6. The molecule has 0 spiro atoms. The third-order valence-electron chi connectivity index (χ3n) is 5.17. The molecule has 0 saturated heterocycles. The van der Waals surface area contributed by atoms with Gasteiger partial charge in [-0.25, -0.2) is 9.78 Å². The van der Waals surface area contributed by atoms with Crippen LogP contribution < -0.4 is 10.6 Å². The molecule has 0 saturated carbocycles. The van der Waals surface area contributed by atoms with E-state index in [0.717, 1.165) is 5.56 Å². The Labute approximate surface area is 196 Å². The summed E-state index contributed by atoms with van der Waals surface area (Å²) in [5.74, 6) is -0.305. The van der Waals surface area contributed by atoms with Crippen LogP contribution in [-0.4, -0.2) is 47.1 Å². The number of carbonyl (C=O) groups excluding carboxylic acids is 2. The van der Waals surface area contributed by atoms with E-state index in [-0.39, 0.29) is 12.5 Å². The van der Waals surface area contributed by atoms with Crippen molar-refractivity contribution < 1.29 is 19.1 Å². The van der Waals surface area contributed by atoms with Crippen LogP contribution in [0.25, 0.3) is 22.3 Å². The maximum absolute atomic E-state index is 13.4.